The lowest BCUT2D eigenvalue weighted by Gasteiger charge is -2.30. The van der Waals surface area contributed by atoms with Crippen LogP contribution in [0.5, 0.6) is 11.5 Å². The minimum atomic E-state index is -0.715. The molecular formula is C19H20N2O4. The van der Waals surface area contributed by atoms with E-state index >= 15 is 0 Å². The van der Waals surface area contributed by atoms with Gasteiger partial charge in [-0.15, -0.1) is 0 Å². The van der Waals surface area contributed by atoms with Crippen LogP contribution in [-0.2, 0) is 9.59 Å². The van der Waals surface area contributed by atoms with Crippen molar-refractivity contribution >= 4 is 17.5 Å². The Balaban J connectivity index is 1.55. The van der Waals surface area contributed by atoms with Crippen LogP contribution in [0.15, 0.2) is 48.5 Å². The van der Waals surface area contributed by atoms with Gasteiger partial charge in [0, 0.05) is 5.69 Å². The van der Waals surface area contributed by atoms with Gasteiger partial charge in [0.05, 0.1) is 6.04 Å². The highest BCUT2D eigenvalue weighted by Crippen LogP contribution is 2.31. The first-order valence-electron chi connectivity index (χ1n) is 8.10. The van der Waals surface area contributed by atoms with E-state index in [2.05, 4.69) is 10.6 Å². The molecule has 2 atom stereocenters. The Bertz CT molecular complexity index is 773. The fraction of sp³-hybridized carbons (Fsp3) is 0.263. The zero-order valence-corrected chi connectivity index (χ0v) is 14.1. The van der Waals surface area contributed by atoms with Crippen LogP contribution >= 0.6 is 0 Å². The van der Waals surface area contributed by atoms with Crippen LogP contribution in [-0.4, -0.2) is 30.6 Å². The average Bonchev–Trinajstić information content (AvgIpc) is 2.63. The number of ether oxygens (including phenoxy) is 2. The maximum atomic E-state index is 12.1. The molecule has 0 saturated heterocycles. The summed E-state index contributed by atoms with van der Waals surface area (Å²) in [6.07, 6.45) is -0.369. The molecule has 1 aliphatic rings. The predicted molar refractivity (Wildman–Crippen MR) is 93.8 cm³/mol. The Morgan fingerprint density at radius 1 is 1.04 bits per heavy atom. The summed E-state index contributed by atoms with van der Waals surface area (Å²) in [7, 11) is 0. The molecule has 0 aliphatic carbocycles. The van der Waals surface area contributed by atoms with Gasteiger partial charge in [-0.25, -0.2) is 0 Å². The molecule has 0 fully saturated rings. The Kier molecular flexibility index (Phi) is 4.88. The standard InChI is InChI=1S/C19H20N2O4/c1-12-7-9-14(10-8-12)21-19(23)18(22)20-13(2)17-11-24-15-5-3-4-6-16(15)25-17/h3-10,13,17H,11H2,1-2H3,(H,20,22)(H,21,23)/t13-,17+/m1/s1. The van der Waals surface area contributed by atoms with Gasteiger partial charge in [-0.2, -0.15) is 0 Å². The molecule has 6 heteroatoms. The predicted octanol–water partition coefficient (Wildman–Crippen LogP) is 2.28. The number of amides is 2. The first-order chi connectivity index (χ1) is 12.0. The molecule has 0 radical (unpaired) electrons. The van der Waals surface area contributed by atoms with Gasteiger partial charge >= 0.3 is 11.8 Å². The van der Waals surface area contributed by atoms with Gasteiger partial charge in [-0.3, -0.25) is 9.59 Å². The van der Waals surface area contributed by atoms with Crippen LogP contribution in [0.4, 0.5) is 5.69 Å². The Hall–Kier alpha value is -3.02. The van der Waals surface area contributed by atoms with E-state index in [9.17, 15) is 9.59 Å². The lowest BCUT2D eigenvalue weighted by molar-refractivity contribution is -0.137. The quantitative estimate of drug-likeness (QED) is 0.841. The third-order valence-corrected chi connectivity index (χ3v) is 3.96. The second kappa shape index (κ2) is 7.25. The van der Waals surface area contributed by atoms with Crippen molar-refractivity contribution < 1.29 is 19.1 Å². The summed E-state index contributed by atoms with van der Waals surface area (Å²) in [6, 6.07) is 14.2. The summed E-state index contributed by atoms with van der Waals surface area (Å²) in [6.45, 7) is 4.03. The van der Waals surface area contributed by atoms with Crippen LogP contribution in [0.1, 0.15) is 12.5 Å². The molecule has 3 rings (SSSR count). The lowest BCUT2D eigenvalue weighted by atomic mass is 10.1. The lowest BCUT2D eigenvalue weighted by Crippen LogP contribution is -2.50. The molecule has 25 heavy (non-hydrogen) atoms. The molecule has 1 heterocycles. The highest BCUT2D eigenvalue weighted by atomic mass is 16.6. The Morgan fingerprint density at radius 3 is 2.44 bits per heavy atom. The van der Waals surface area contributed by atoms with Crippen LogP contribution in [0, 0.1) is 6.92 Å². The van der Waals surface area contributed by atoms with Gasteiger partial charge in [-0.05, 0) is 38.1 Å². The molecule has 2 amide bonds. The summed E-state index contributed by atoms with van der Waals surface area (Å²) < 4.78 is 11.5. The van der Waals surface area contributed by atoms with Crippen molar-refractivity contribution in [1.82, 2.24) is 5.32 Å². The monoisotopic (exact) mass is 340 g/mol. The van der Waals surface area contributed by atoms with Crippen molar-refractivity contribution in [2.75, 3.05) is 11.9 Å². The number of benzene rings is 2. The molecule has 1 aliphatic heterocycles. The average molecular weight is 340 g/mol. The molecule has 0 saturated carbocycles. The van der Waals surface area contributed by atoms with Crippen molar-refractivity contribution in [3.05, 3.63) is 54.1 Å². The minimum Gasteiger partial charge on any atom is -0.486 e. The van der Waals surface area contributed by atoms with E-state index in [1.54, 1.807) is 25.1 Å². The largest absolute Gasteiger partial charge is 0.486 e. The van der Waals surface area contributed by atoms with Gasteiger partial charge in [0.1, 0.15) is 6.61 Å². The number of para-hydroxylation sites is 2. The number of carbonyl (C=O) groups excluding carboxylic acids is 2. The third-order valence-electron chi connectivity index (χ3n) is 3.96. The first-order valence-corrected chi connectivity index (χ1v) is 8.10. The summed E-state index contributed by atoms with van der Waals surface area (Å²) >= 11 is 0. The summed E-state index contributed by atoms with van der Waals surface area (Å²) in [5, 5.41) is 5.23. The van der Waals surface area contributed by atoms with Crippen molar-refractivity contribution in [2.45, 2.75) is 26.0 Å². The fourth-order valence-electron chi connectivity index (χ4n) is 2.47. The van der Waals surface area contributed by atoms with Crippen LogP contribution in [0.3, 0.4) is 0 Å². The second-order valence-electron chi connectivity index (χ2n) is 6.00. The van der Waals surface area contributed by atoms with E-state index < -0.39 is 11.8 Å². The zero-order chi connectivity index (χ0) is 17.8. The van der Waals surface area contributed by atoms with E-state index in [1.165, 1.54) is 0 Å². The smallest absolute Gasteiger partial charge is 0.313 e. The molecule has 0 aromatic heterocycles. The number of hydrogen-bond donors (Lipinski definition) is 2. The normalized spacial score (nSPS) is 16.6. The highest BCUT2D eigenvalue weighted by Gasteiger charge is 2.28. The van der Waals surface area contributed by atoms with E-state index in [4.69, 9.17) is 9.47 Å². The highest BCUT2D eigenvalue weighted by molar-refractivity contribution is 6.39. The number of nitrogens with one attached hydrogen (secondary N) is 2. The van der Waals surface area contributed by atoms with Crippen molar-refractivity contribution in [3.63, 3.8) is 0 Å². The van der Waals surface area contributed by atoms with Crippen LogP contribution in [0.2, 0.25) is 0 Å². The molecular weight excluding hydrogens is 320 g/mol. The summed E-state index contributed by atoms with van der Waals surface area (Å²) in [4.78, 5) is 24.1. The Labute approximate surface area is 146 Å². The Morgan fingerprint density at radius 2 is 1.72 bits per heavy atom. The number of anilines is 1. The maximum absolute atomic E-state index is 12.1. The van der Waals surface area contributed by atoms with E-state index in [0.717, 1.165) is 5.56 Å². The third kappa shape index (κ3) is 4.09. The van der Waals surface area contributed by atoms with Crippen molar-refractivity contribution in [2.24, 2.45) is 0 Å². The van der Waals surface area contributed by atoms with Gasteiger partial charge in [-0.1, -0.05) is 29.8 Å². The van der Waals surface area contributed by atoms with Gasteiger partial charge in [0.15, 0.2) is 17.6 Å². The molecule has 130 valence electrons. The molecule has 0 spiro atoms. The molecule has 0 unspecified atom stereocenters. The number of aryl methyl sites for hydroxylation is 1. The molecule has 2 N–H and O–H groups in total. The van der Waals surface area contributed by atoms with Gasteiger partial charge in [0.2, 0.25) is 0 Å². The van der Waals surface area contributed by atoms with Gasteiger partial charge < -0.3 is 20.1 Å². The number of fused-ring (bicyclic) bond motifs is 1. The topological polar surface area (TPSA) is 76.7 Å². The second-order valence-corrected chi connectivity index (χ2v) is 6.00. The zero-order valence-electron chi connectivity index (χ0n) is 14.1. The molecule has 2 aromatic rings. The summed E-state index contributed by atoms with van der Waals surface area (Å²) in [5.74, 6) is -0.123. The van der Waals surface area contributed by atoms with E-state index in [1.807, 2.05) is 37.3 Å². The van der Waals surface area contributed by atoms with Crippen LogP contribution < -0.4 is 20.1 Å². The molecule has 0 bridgehead atoms. The van der Waals surface area contributed by atoms with Crippen molar-refractivity contribution in [3.8, 4) is 11.5 Å². The number of hydrogen-bond acceptors (Lipinski definition) is 4. The minimum absolute atomic E-state index is 0.304. The number of rotatable bonds is 3. The fourth-order valence-corrected chi connectivity index (χ4v) is 2.47. The summed E-state index contributed by atoms with van der Waals surface area (Å²) in [5.41, 5.74) is 1.65. The van der Waals surface area contributed by atoms with Crippen molar-refractivity contribution in [1.29, 1.82) is 0 Å². The van der Waals surface area contributed by atoms with Crippen LogP contribution in [0.25, 0.3) is 0 Å². The molecule has 6 nitrogen and oxygen atoms in total. The van der Waals surface area contributed by atoms with E-state index in [-0.39, 0.29) is 12.1 Å². The maximum Gasteiger partial charge on any atom is 0.313 e. The van der Waals surface area contributed by atoms with E-state index in [0.29, 0.717) is 23.8 Å². The first kappa shape index (κ1) is 16.8. The molecule has 2 aromatic carbocycles. The van der Waals surface area contributed by atoms with Gasteiger partial charge in [0.25, 0.3) is 0 Å². The SMILES string of the molecule is Cc1ccc(NC(=O)C(=O)N[C@H](C)[C@@H]2COc3ccccc3O2)cc1. The number of carbonyl (C=O) groups is 2.